The summed E-state index contributed by atoms with van der Waals surface area (Å²) in [4.78, 5) is 24.3. The molecule has 0 spiro atoms. The summed E-state index contributed by atoms with van der Waals surface area (Å²) in [5.74, 6) is -0.660. The summed E-state index contributed by atoms with van der Waals surface area (Å²) in [5, 5.41) is 5.42. The van der Waals surface area contributed by atoms with Gasteiger partial charge in [-0.3, -0.25) is 9.59 Å². The summed E-state index contributed by atoms with van der Waals surface area (Å²) in [6.07, 6.45) is 0.807. The second-order valence-corrected chi connectivity index (χ2v) is 9.47. The molecule has 0 saturated heterocycles. The van der Waals surface area contributed by atoms with Gasteiger partial charge in [0, 0.05) is 18.3 Å². The summed E-state index contributed by atoms with van der Waals surface area (Å²) in [6, 6.07) is 21.7. The Bertz CT molecular complexity index is 1190. The highest BCUT2D eigenvalue weighted by molar-refractivity contribution is 7.89. The van der Waals surface area contributed by atoms with Crippen molar-refractivity contribution >= 4 is 33.2 Å². The Balaban J connectivity index is 1.77. The molecule has 3 N–H and O–H groups in total. The fourth-order valence-electron chi connectivity index (χ4n) is 3.24. The van der Waals surface area contributed by atoms with E-state index in [9.17, 15) is 18.0 Å². The number of benzene rings is 3. The van der Waals surface area contributed by atoms with Crippen LogP contribution in [0.3, 0.4) is 0 Å². The molecule has 0 aliphatic heterocycles. The number of carbonyl (C=O) groups excluding carboxylic acids is 2. The maximum Gasteiger partial charge on any atom is 0.242 e. The number of carbonyl (C=O) groups is 2. The Morgan fingerprint density at radius 3 is 1.97 bits per heavy atom. The average molecular weight is 466 g/mol. The molecule has 0 saturated carbocycles. The van der Waals surface area contributed by atoms with Crippen LogP contribution in [0.4, 0.5) is 11.4 Å². The zero-order valence-electron chi connectivity index (χ0n) is 18.5. The molecule has 3 aromatic rings. The second-order valence-electron chi connectivity index (χ2n) is 7.76. The van der Waals surface area contributed by atoms with Gasteiger partial charge in [-0.25, -0.2) is 8.42 Å². The summed E-state index contributed by atoms with van der Waals surface area (Å²) in [6.45, 7) is 3.28. The fourth-order valence-corrected chi connectivity index (χ4v) is 4.47. The molecular weight excluding hydrogens is 438 g/mol. The first-order chi connectivity index (χ1) is 15.7. The van der Waals surface area contributed by atoms with Gasteiger partial charge in [-0.2, -0.15) is 4.72 Å². The summed E-state index contributed by atoms with van der Waals surface area (Å²) in [7, 11) is -3.90. The molecule has 1 atom stereocenters. The molecule has 0 heterocycles. The predicted molar refractivity (Wildman–Crippen MR) is 129 cm³/mol. The lowest BCUT2D eigenvalue weighted by Crippen LogP contribution is -2.44. The van der Waals surface area contributed by atoms with Gasteiger partial charge in [0.15, 0.2) is 0 Å². The minimum absolute atomic E-state index is 0.102. The zero-order chi connectivity index (χ0) is 23.8. The van der Waals surface area contributed by atoms with Gasteiger partial charge in [0.1, 0.15) is 6.04 Å². The van der Waals surface area contributed by atoms with E-state index in [1.165, 1.54) is 19.1 Å². The largest absolute Gasteiger partial charge is 0.326 e. The fraction of sp³-hybridized carbons (Fsp3) is 0.200. The van der Waals surface area contributed by atoms with E-state index in [0.717, 1.165) is 11.1 Å². The maximum absolute atomic E-state index is 13.1. The van der Waals surface area contributed by atoms with Gasteiger partial charge in [0.05, 0.1) is 4.90 Å². The lowest BCUT2D eigenvalue weighted by atomic mass is 10.1. The lowest BCUT2D eigenvalue weighted by Gasteiger charge is -2.19. The van der Waals surface area contributed by atoms with E-state index in [-0.39, 0.29) is 17.2 Å². The van der Waals surface area contributed by atoms with Crippen LogP contribution in [0.25, 0.3) is 0 Å². The van der Waals surface area contributed by atoms with Gasteiger partial charge < -0.3 is 10.6 Å². The highest BCUT2D eigenvalue weighted by Crippen LogP contribution is 2.16. The van der Waals surface area contributed by atoms with E-state index >= 15 is 0 Å². The topological polar surface area (TPSA) is 104 Å². The van der Waals surface area contributed by atoms with Crippen LogP contribution in [0.2, 0.25) is 0 Å². The molecule has 0 aromatic heterocycles. The number of amides is 2. The first-order valence-electron chi connectivity index (χ1n) is 10.5. The van der Waals surface area contributed by atoms with Gasteiger partial charge in [-0.15, -0.1) is 0 Å². The van der Waals surface area contributed by atoms with Crippen LogP contribution < -0.4 is 15.4 Å². The van der Waals surface area contributed by atoms with E-state index in [0.29, 0.717) is 17.8 Å². The Labute approximate surface area is 194 Å². The Hall–Kier alpha value is -3.49. The third kappa shape index (κ3) is 7.27. The molecule has 0 fully saturated rings. The predicted octanol–water partition coefficient (Wildman–Crippen LogP) is 3.87. The van der Waals surface area contributed by atoms with Crippen LogP contribution in [-0.2, 0) is 26.0 Å². The minimum atomic E-state index is -3.90. The van der Waals surface area contributed by atoms with Gasteiger partial charge >= 0.3 is 0 Å². The number of sulfonamides is 1. The first kappa shape index (κ1) is 24.2. The molecule has 3 rings (SSSR count). The van der Waals surface area contributed by atoms with Crippen molar-refractivity contribution in [1.29, 1.82) is 0 Å². The van der Waals surface area contributed by atoms with Crippen molar-refractivity contribution in [3.63, 3.8) is 0 Å². The van der Waals surface area contributed by atoms with Crippen molar-refractivity contribution in [1.82, 2.24) is 4.72 Å². The quantitative estimate of drug-likeness (QED) is 0.446. The van der Waals surface area contributed by atoms with Crippen molar-refractivity contribution in [2.75, 3.05) is 10.6 Å². The number of hydrogen-bond donors (Lipinski definition) is 3. The third-order valence-corrected chi connectivity index (χ3v) is 6.47. The maximum atomic E-state index is 13.1. The van der Waals surface area contributed by atoms with E-state index in [2.05, 4.69) is 15.4 Å². The van der Waals surface area contributed by atoms with Crippen LogP contribution in [-0.4, -0.2) is 26.3 Å². The van der Waals surface area contributed by atoms with Crippen molar-refractivity contribution in [3.8, 4) is 0 Å². The first-order valence-corrected chi connectivity index (χ1v) is 12.0. The number of nitrogens with one attached hydrogen (secondary N) is 3. The summed E-state index contributed by atoms with van der Waals surface area (Å²) < 4.78 is 28.4. The third-order valence-electron chi connectivity index (χ3n) is 4.98. The van der Waals surface area contributed by atoms with Gasteiger partial charge in [-0.05, 0) is 61.7 Å². The standard InChI is InChI=1S/C25H27N3O4S/c1-18-8-15-23(16-9-18)33(31,32)28-24(17-10-20-6-4-3-5-7-20)25(30)27-22-13-11-21(12-14-22)26-19(2)29/h3-9,11-16,24,28H,10,17H2,1-2H3,(H,26,29)(H,27,30). The molecular formula is C25H27N3O4S. The highest BCUT2D eigenvalue weighted by Gasteiger charge is 2.26. The number of aryl methyl sites for hydroxylation is 2. The minimum Gasteiger partial charge on any atom is -0.326 e. The van der Waals surface area contributed by atoms with Crippen LogP contribution in [0.1, 0.15) is 24.5 Å². The molecule has 0 radical (unpaired) electrons. The van der Waals surface area contributed by atoms with Crippen molar-refractivity contribution < 1.29 is 18.0 Å². The Morgan fingerprint density at radius 2 is 1.39 bits per heavy atom. The molecule has 1 unspecified atom stereocenters. The second kappa shape index (κ2) is 10.9. The van der Waals surface area contributed by atoms with Crippen LogP contribution >= 0.6 is 0 Å². The smallest absolute Gasteiger partial charge is 0.242 e. The molecule has 0 bridgehead atoms. The van der Waals surface area contributed by atoms with Crippen molar-refractivity contribution in [2.45, 2.75) is 37.6 Å². The normalized spacial score (nSPS) is 12.1. The molecule has 8 heteroatoms. The Morgan fingerprint density at radius 1 is 0.818 bits per heavy atom. The molecule has 0 aliphatic carbocycles. The van der Waals surface area contributed by atoms with Crippen LogP contribution in [0.15, 0.2) is 83.8 Å². The van der Waals surface area contributed by atoms with Gasteiger partial charge in [0.25, 0.3) is 0 Å². The zero-order valence-corrected chi connectivity index (χ0v) is 19.4. The molecule has 172 valence electrons. The molecule has 33 heavy (non-hydrogen) atoms. The SMILES string of the molecule is CC(=O)Nc1ccc(NC(=O)C(CCc2ccccc2)NS(=O)(=O)c2ccc(C)cc2)cc1. The summed E-state index contributed by atoms with van der Waals surface area (Å²) >= 11 is 0. The molecule has 2 amide bonds. The molecule has 7 nitrogen and oxygen atoms in total. The average Bonchev–Trinajstić information content (AvgIpc) is 2.78. The Kier molecular flexibility index (Phi) is 7.97. The van der Waals surface area contributed by atoms with E-state index in [1.54, 1.807) is 36.4 Å². The number of hydrogen-bond acceptors (Lipinski definition) is 4. The molecule has 0 aliphatic rings. The van der Waals surface area contributed by atoms with Crippen LogP contribution in [0, 0.1) is 6.92 Å². The van der Waals surface area contributed by atoms with E-state index in [1.807, 2.05) is 37.3 Å². The van der Waals surface area contributed by atoms with Gasteiger partial charge in [0.2, 0.25) is 21.8 Å². The van der Waals surface area contributed by atoms with Gasteiger partial charge in [-0.1, -0.05) is 48.0 Å². The lowest BCUT2D eigenvalue weighted by molar-refractivity contribution is -0.118. The van der Waals surface area contributed by atoms with Crippen LogP contribution in [0.5, 0.6) is 0 Å². The van der Waals surface area contributed by atoms with E-state index in [4.69, 9.17) is 0 Å². The van der Waals surface area contributed by atoms with Crippen molar-refractivity contribution in [2.24, 2.45) is 0 Å². The number of anilines is 2. The molecule has 3 aromatic carbocycles. The number of rotatable bonds is 9. The van der Waals surface area contributed by atoms with E-state index < -0.39 is 22.0 Å². The highest BCUT2D eigenvalue weighted by atomic mass is 32.2. The van der Waals surface area contributed by atoms with Crippen molar-refractivity contribution in [3.05, 3.63) is 90.0 Å². The monoisotopic (exact) mass is 465 g/mol. The summed E-state index contributed by atoms with van der Waals surface area (Å²) in [5.41, 5.74) is 3.04.